The second kappa shape index (κ2) is 9.35. The second-order valence-corrected chi connectivity index (χ2v) is 7.74. The number of hydrogen-bond donors (Lipinski definition) is 2. The number of rotatable bonds is 6. The van der Waals surface area contributed by atoms with Crippen LogP contribution < -0.4 is 15.5 Å². The van der Waals surface area contributed by atoms with E-state index < -0.39 is 11.6 Å². The number of likely N-dealkylation sites (tertiary alicyclic amines) is 1. The van der Waals surface area contributed by atoms with Crippen LogP contribution in [0.2, 0.25) is 0 Å². The molecule has 7 heteroatoms. The number of anilines is 1. The maximum atomic E-state index is 13.4. The molecule has 2 heterocycles. The molecule has 2 aliphatic heterocycles. The number of urea groups is 1. The van der Waals surface area contributed by atoms with Gasteiger partial charge in [-0.25, -0.2) is 13.6 Å². The Hall–Kier alpha value is -1.89. The summed E-state index contributed by atoms with van der Waals surface area (Å²) in [6.45, 7) is 7.14. The first-order chi connectivity index (χ1) is 13.0. The van der Waals surface area contributed by atoms with Crippen LogP contribution >= 0.6 is 0 Å². The molecule has 1 aromatic rings. The summed E-state index contributed by atoms with van der Waals surface area (Å²) in [6.07, 6.45) is 4.71. The standard InChI is InChI=1S/C20H30F2N4O/c1-15(25-8-3-2-4-9-25)12-23-20(27)24-13-16-7-10-26(14-16)17-5-6-18(21)19(22)11-17/h5-6,11,15-16H,2-4,7-10,12-14H2,1H3,(H2,23,24,27). The predicted octanol–water partition coefficient (Wildman–Crippen LogP) is 2.96. The Labute approximate surface area is 160 Å². The van der Waals surface area contributed by atoms with Crippen molar-refractivity contribution >= 4 is 11.7 Å². The van der Waals surface area contributed by atoms with E-state index in [1.54, 1.807) is 6.07 Å². The first-order valence-electron chi connectivity index (χ1n) is 9.98. The number of halogens is 2. The van der Waals surface area contributed by atoms with E-state index in [1.807, 2.05) is 4.90 Å². The third-order valence-electron chi connectivity index (χ3n) is 5.68. The fraction of sp³-hybridized carbons (Fsp3) is 0.650. The lowest BCUT2D eigenvalue weighted by Crippen LogP contribution is -2.47. The summed E-state index contributed by atoms with van der Waals surface area (Å²) < 4.78 is 26.5. The number of benzene rings is 1. The molecule has 1 aromatic carbocycles. The number of nitrogens with zero attached hydrogens (tertiary/aromatic N) is 2. The summed E-state index contributed by atoms with van der Waals surface area (Å²) in [4.78, 5) is 16.5. The molecule has 150 valence electrons. The van der Waals surface area contributed by atoms with E-state index in [4.69, 9.17) is 0 Å². The zero-order chi connectivity index (χ0) is 19.2. The molecule has 0 aromatic heterocycles. The summed E-state index contributed by atoms with van der Waals surface area (Å²) in [6, 6.07) is 4.21. The maximum Gasteiger partial charge on any atom is 0.314 e. The highest BCUT2D eigenvalue weighted by Gasteiger charge is 2.24. The van der Waals surface area contributed by atoms with Gasteiger partial charge in [0.2, 0.25) is 0 Å². The Balaban J connectivity index is 1.36. The van der Waals surface area contributed by atoms with Crippen LogP contribution in [0.3, 0.4) is 0 Å². The average molecular weight is 380 g/mol. The van der Waals surface area contributed by atoms with Crippen molar-refractivity contribution in [3.05, 3.63) is 29.8 Å². The number of carbonyl (C=O) groups is 1. The molecule has 2 N–H and O–H groups in total. The lowest BCUT2D eigenvalue weighted by atomic mass is 10.1. The Morgan fingerprint density at radius 1 is 1.15 bits per heavy atom. The van der Waals surface area contributed by atoms with E-state index in [1.165, 1.54) is 25.3 Å². The number of piperidine rings is 1. The van der Waals surface area contributed by atoms with Crippen LogP contribution in [0.1, 0.15) is 32.6 Å². The quantitative estimate of drug-likeness (QED) is 0.798. The molecule has 2 aliphatic rings. The van der Waals surface area contributed by atoms with E-state index in [0.29, 0.717) is 30.7 Å². The van der Waals surface area contributed by atoms with E-state index in [0.717, 1.165) is 38.7 Å². The van der Waals surface area contributed by atoms with Crippen molar-refractivity contribution < 1.29 is 13.6 Å². The lowest BCUT2D eigenvalue weighted by Gasteiger charge is -2.32. The second-order valence-electron chi connectivity index (χ2n) is 7.74. The van der Waals surface area contributed by atoms with Crippen molar-refractivity contribution in [3.63, 3.8) is 0 Å². The minimum Gasteiger partial charge on any atom is -0.371 e. The van der Waals surface area contributed by atoms with Gasteiger partial charge in [-0.3, -0.25) is 4.90 Å². The van der Waals surface area contributed by atoms with Crippen molar-refractivity contribution in [2.24, 2.45) is 5.92 Å². The molecule has 2 unspecified atom stereocenters. The van der Waals surface area contributed by atoms with Gasteiger partial charge < -0.3 is 15.5 Å². The molecule has 0 saturated carbocycles. The van der Waals surface area contributed by atoms with Crippen LogP contribution in [0.15, 0.2) is 18.2 Å². The summed E-state index contributed by atoms with van der Waals surface area (Å²) in [5.41, 5.74) is 0.691. The summed E-state index contributed by atoms with van der Waals surface area (Å²) in [5, 5.41) is 5.91. The third kappa shape index (κ3) is 5.54. The molecule has 5 nitrogen and oxygen atoms in total. The minimum atomic E-state index is -0.827. The van der Waals surface area contributed by atoms with Gasteiger partial charge in [0.05, 0.1) is 0 Å². The first-order valence-corrected chi connectivity index (χ1v) is 9.98. The monoisotopic (exact) mass is 380 g/mol. The molecule has 0 bridgehead atoms. The largest absolute Gasteiger partial charge is 0.371 e. The van der Waals surface area contributed by atoms with Crippen LogP contribution in [-0.2, 0) is 0 Å². The Morgan fingerprint density at radius 3 is 2.67 bits per heavy atom. The van der Waals surface area contributed by atoms with Crippen molar-refractivity contribution in [1.82, 2.24) is 15.5 Å². The number of hydrogen-bond acceptors (Lipinski definition) is 3. The maximum absolute atomic E-state index is 13.4. The van der Waals surface area contributed by atoms with Crippen molar-refractivity contribution in [1.29, 1.82) is 0 Å². The molecule has 2 fully saturated rings. The van der Waals surface area contributed by atoms with Gasteiger partial charge in [-0.05, 0) is 57.3 Å². The SMILES string of the molecule is CC(CNC(=O)NCC1CCN(c2ccc(F)c(F)c2)C1)N1CCCCC1. The molecule has 2 atom stereocenters. The molecule has 2 amide bonds. The van der Waals surface area contributed by atoms with Gasteiger partial charge in [-0.2, -0.15) is 0 Å². The number of nitrogens with one attached hydrogen (secondary N) is 2. The predicted molar refractivity (Wildman–Crippen MR) is 103 cm³/mol. The topological polar surface area (TPSA) is 47.6 Å². The van der Waals surface area contributed by atoms with Gasteiger partial charge in [-0.15, -0.1) is 0 Å². The number of carbonyl (C=O) groups excluding carboxylic acids is 1. The summed E-state index contributed by atoms with van der Waals surface area (Å²) in [7, 11) is 0. The van der Waals surface area contributed by atoms with Crippen LogP contribution in [0.4, 0.5) is 19.3 Å². The minimum absolute atomic E-state index is 0.134. The van der Waals surface area contributed by atoms with Gasteiger partial charge in [0, 0.05) is 44.0 Å². The first kappa shape index (κ1) is 19.9. The van der Waals surface area contributed by atoms with Crippen molar-refractivity contribution in [3.8, 4) is 0 Å². The Bertz CT molecular complexity index is 636. The molecule has 27 heavy (non-hydrogen) atoms. The van der Waals surface area contributed by atoms with Crippen molar-refractivity contribution in [2.45, 2.75) is 38.6 Å². The zero-order valence-electron chi connectivity index (χ0n) is 16.0. The molecule has 2 saturated heterocycles. The number of amides is 2. The highest BCUT2D eigenvalue weighted by molar-refractivity contribution is 5.73. The van der Waals surface area contributed by atoms with Gasteiger partial charge in [0.1, 0.15) is 0 Å². The van der Waals surface area contributed by atoms with Crippen LogP contribution in [-0.4, -0.2) is 56.2 Å². The molecular weight excluding hydrogens is 350 g/mol. The summed E-state index contributed by atoms with van der Waals surface area (Å²) in [5.74, 6) is -1.34. The normalized spacial score (nSPS) is 21.9. The highest BCUT2D eigenvalue weighted by atomic mass is 19.2. The molecule has 0 radical (unpaired) electrons. The van der Waals surface area contributed by atoms with Gasteiger partial charge >= 0.3 is 6.03 Å². The third-order valence-corrected chi connectivity index (χ3v) is 5.68. The molecular formula is C20H30F2N4O. The Kier molecular flexibility index (Phi) is 6.88. The zero-order valence-corrected chi connectivity index (χ0v) is 16.0. The summed E-state index contributed by atoms with van der Waals surface area (Å²) >= 11 is 0. The molecule has 0 aliphatic carbocycles. The fourth-order valence-electron chi connectivity index (χ4n) is 3.94. The van der Waals surface area contributed by atoms with Crippen LogP contribution in [0.5, 0.6) is 0 Å². The Morgan fingerprint density at radius 2 is 1.93 bits per heavy atom. The van der Waals surface area contributed by atoms with E-state index in [9.17, 15) is 13.6 Å². The van der Waals surface area contributed by atoms with E-state index in [-0.39, 0.29) is 6.03 Å². The van der Waals surface area contributed by atoms with Gasteiger partial charge in [-0.1, -0.05) is 6.42 Å². The van der Waals surface area contributed by atoms with Crippen LogP contribution in [0, 0.1) is 17.6 Å². The van der Waals surface area contributed by atoms with E-state index in [2.05, 4.69) is 22.5 Å². The van der Waals surface area contributed by atoms with Gasteiger partial charge in [0.25, 0.3) is 0 Å². The molecule has 3 rings (SSSR count). The average Bonchev–Trinajstić information content (AvgIpc) is 3.16. The van der Waals surface area contributed by atoms with E-state index >= 15 is 0 Å². The fourth-order valence-corrected chi connectivity index (χ4v) is 3.94. The van der Waals surface area contributed by atoms with Crippen molar-refractivity contribution in [2.75, 3.05) is 44.2 Å². The molecule has 0 spiro atoms. The smallest absolute Gasteiger partial charge is 0.314 e. The van der Waals surface area contributed by atoms with Crippen LogP contribution in [0.25, 0.3) is 0 Å². The highest BCUT2D eigenvalue weighted by Crippen LogP contribution is 2.25. The van der Waals surface area contributed by atoms with Gasteiger partial charge in [0.15, 0.2) is 11.6 Å². The lowest BCUT2D eigenvalue weighted by molar-refractivity contribution is 0.170.